The van der Waals surface area contributed by atoms with Crippen LogP contribution in [0.25, 0.3) is 11.6 Å². The normalized spacial score (nSPS) is 17.2. The molecule has 0 N–H and O–H groups in total. The number of benzene rings is 1. The molecule has 4 rings (SSSR count). The Morgan fingerprint density at radius 1 is 1.17 bits per heavy atom. The van der Waals surface area contributed by atoms with Gasteiger partial charge >= 0.3 is 6.18 Å². The second-order valence-electron chi connectivity index (χ2n) is 7.08. The second-order valence-corrected chi connectivity index (χ2v) is 7.08. The number of nitrogens with zero attached hydrogens (tertiary/aromatic N) is 5. The predicted molar refractivity (Wildman–Crippen MR) is 99.1 cm³/mol. The van der Waals surface area contributed by atoms with Crippen LogP contribution in [0.4, 0.5) is 13.2 Å². The highest BCUT2D eigenvalue weighted by molar-refractivity contribution is 5.94. The highest BCUT2D eigenvalue weighted by atomic mass is 19.4. The van der Waals surface area contributed by atoms with Gasteiger partial charge in [0.2, 0.25) is 5.89 Å². The number of rotatable bonds is 3. The molecule has 0 radical (unpaired) electrons. The third kappa shape index (κ3) is 4.03. The van der Waals surface area contributed by atoms with Crippen molar-refractivity contribution in [2.75, 3.05) is 6.54 Å². The molecule has 1 saturated heterocycles. The molecular formula is C20H18F3N5O2. The molecule has 7 nitrogen and oxygen atoms in total. The van der Waals surface area contributed by atoms with E-state index in [9.17, 15) is 18.0 Å². The summed E-state index contributed by atoms with van der Waals surface area (Å²) in [5, 5.41) is 8.06. The van der Waals surface area contributed by atoms with Crippen LogP contribution in [0.2, 0.25) is 0 Å². The molecule has 156 valence electrons. The second kappa shape index (κ2) is 7.85. The van der Waals surface area contributed by atoms with E-state index < -0.39 is 23.7 Å². The Morgan fingerprint density at radius 2 is 2.00 bits per heavy atom. The lowest BCUT2D eigenvalue weighted by atomic mass is 10.00. The van der Waals surface area contributed by atoms with Crippen LogP contribution < -0.4 is 0 Å². The number of piperidine rings is 1. The SMILES string of the molecule is Cc1cnc(-c2nnc(C3CCCCN3C(=O)c3cccc(C(F)(F)F)c3)o2)cn1. The summed E-state index contributed by atoms with van der Waals surface area (Å²) in [6.45, 7) is 2.19. The fourth-order valence-corrected chi connectivity index (χ4v) is 3.40. The Kier molecular flexibility index (Phi) is 5.23. The van der Waals surface area contributed by atoms with Crippen molar-refractivity contribution < 1.29 is 22.4 Å². The zero-order valence-electron chi connectivity index (χ0n) is 16.1. The van der Waals surface area contributed by atoms with Crippen LogP contribution in [-0.4, -0.2) is 37.5 Å². The van der Waals surface area contributed by atoms with Crippen molar-refractivity contribution in [2.45, 2.75) is 38.4 Å². The van der Waals surface area contributed by atoms with E-state index in [1.54, 1.807) is 13.1 Å². The molecule has 0 spiro atoms. The van der Waals surface area contributed by atoms with Gasteiger partial charge in [-0.1, -0.05) is 6.07 Å². The summed E-state index contributed by atoms with van der Waals surface area (Å²) < 4.78 is 44.8. The largest absolute Gasteiger partial charge is 0.417 e. The first-order valence-corrected chi connectivity index (χ1v) is 9.43. The molecule has 2 aromatic heterocycles. The molecule has 0 aliphatic carbocycles. The zero-order valence-corrected chi connectivity index (χ0v) is 16.1. The number of hydrogen-bond donors (Lipinski definition) is 0. The van der Waals surface area contributed by atoms with Crippen LogP contribution in [0.5, 0.6) is 0 Å². The zero-order chi connectivity index (χ0) is 21.3. The number of halogens is 3. The van der Waals surface area contributed by atoms with Gasteiger partial charge < -0.3 is 9.32 Å². The summed E-state index contributed by atoms with van der Waals surface area (Å²) >= 11 is 0. The Labute approximate surface area is 170 Å². The summed E-state index contributed by atoms with van der Waals surface area (Å²) in [5.41, 5.74) is 0.260. The molecule has 3 aromatic rings. The maximum atomic E-state index is 13.0. The molecule has 1 atom stereocenters. The maximum Gasteiger partial charge on any atom is 0.416 e. The van der Waals surface area contributed by atoms with E-state index in [2.05, 4.69) is 20.2 Å². The first kappa shape index (κ1) is 20.0. The summed E-state index contributed by atoms with van der Waals surface area (Å²) in [6.07, 6.45) is 0.715. The first-order chi connectivity index (χ1) is 14.3. The standard InChI is InChI=1S/C20H18F3N5O2/c1-12-10-25-15(11-24-12)17-26-27-18(30-17)16-7-2-3-8-28(16)19(29)13-5-4-6-14(9-13)20(21,22)23/h4-6,9-11,16H,2-3,7-8H2,1H3. The summed E-state index contributed by atoms with van der Waals surface area (Å²) in [7, 11) is 0. The summed E-state index contributed by atoms with van der Waals surface area (Å²) in [6, 6.07) is 3.91. The molecule has 10 heteroatoms. The van der Waals surface area contributed by atoms with E-state index in [0.717, 1.165) is 30.7 Å². The number of hydrogen-bond acceptors (Lipinski definition) is 6. The highest BCUT2D eigenvalue weighted by Gasteiger charge is 2.35. The number of aryl methyl sites for hydroxylation is 1. The van der Waals surface area contributed by atoms with Gasteiger partial charge in [-0.3, -0.25) is 9.78 Å². The van der Waals surface area contributed by atoms with Crippen LogP contribution >= 0.6 is 0 Å². The Morgan fingerprint density at radius 3 is 2.73 bits per heavy atom. The Bertz CT molecular complexity index is 1050. The molecule has 1 amide bonds. The topological polar surface area (TPSA) is 85.0 Å². The van der Waals surface area contributed by atoms with E-state index in [1.165, 1.54) is 23.2 Å². The molecule has 1 aliphatic rings. The summed E-state index contributed by atoms with van der Waals surface area (Å²) in [4.78, 5) is 22.9. The van der Waals surface area contributed by atoms with Crippen LogP contribution in [-0.2, 0) is 6.18 Å². The van der Waals surface area contributed by atoms with Gasteiger partial charge in [-0.2, -0.15) is 13.2 Å². The molecule has 1 fully saturated rings. The fourth-order valence-electron chi connectivity index (χ4n) is 3.40. The third-order valence-corrected chi connectivity index (χ3v) is 4.93. The molecule has 30 heavy (non-hydrogen) atoms. The number of likely N-dealkylation sites (tertiary alicyclic amines) is 1. The minimum atomic E-state index is -4.52. The van der Waals surface area contributed by atoms with Crippen molar-refractivity contribution in [1.82, 2.24) is 25.1 Å². The van der Waals surface area contributed by atoms with Crippen LogP contribution in [0.3, 0.4) is 0 Å². The smallest absolute Gasteiger partial charge is 0.416 e. The molecule has 0 bridgehead atoms. The molecule has 1 unspecified atom stereocenters. The van der Waals surface area contributed by atoms with E-state index in [0.29, 0.717) is 18.7 Å². The quantitative estimate of drug-likeness (QED) is 0.634. The van der Waals surface area contributed by atoms with Gasteiger partial charge in [-0.15, -0.1) is 10.2 Å². The van der Waals surface area contributed by atoms with E-state index >= 15 is 0 Å². The Balaban J connectivity index is 1.61. The first-order valence-electron chi connectivity index (χ1n) is 9.43. The van der Waals surface area contributed by atoms with Crippen molar-refractivity contribution >= 4 is 5.91 Å². The minimum Gasteiger partial charge on any atom is -0.417 e. The lowest BCUT2D eigenvalue weighted by Crippen LogP contribution is -2.38. The van der Waals surface area contributed by atoms with Gasteiger partial charge in [0.1, 0.15) is 11.7 Å². The minimum absolute atomic E-state index is 0.0270. The van der Waals surface area contributed by atoms with E-state index in [-0.39, 0.29) is 17.3 Å². The van der Waals surface area contributed by atoms with E-state index in [1.807, 2.05) is 0 Å². The summed E-state index contributed by atoms with van der Waals surface area (Å²) in [5.74, 6) is -0.0948. The van der Waals surface area contributed by atoms with Crippen molar-refractivity contribution in [1.29, 1.82) is 0 Å². The molecule has 1 aliphatic heterocycles. The van der Waals surface area contributed by atoms with E-state index in [4.69, 9.17) is 4.42 Å². The Hall–Kier alpha value is -3.30. The van der Waals surface area contributed by atoms with Gasteiger partial charge in [0, 0.05) is 18.3 Å². The number of carbonyl (C=O) groups excluding carboxylic acids is 1. The molecule has 3 heterocycles. The molecular weight excluding hydrogens is 399 g/mol. The number of aromatic nitrogens is 4. The van der Waals surface area contributed by atoms with Gasteiger partial charge in [-0.25, -0.2) is 4.98 Å². The van der Waals surface area contributed by atoms with Gasteiger partial charge in [0.25, 0.3) is 11.8 Å². The van der Waals surface area contributed by atoms with Crippen molar-refractivity contribution in [3.63, 3.8) is 0 Å². The average molecular weight is 417 g/mol. The van der Waals surface area contributed by atoms with Gasteiger partial charge in [-0.05, 0) is 44.4 Å². The average Bonchev–Trinajstić information content (AvgIpc) is 3.23. The third-order valence-electron chi connectivity index (χ3n) is 4.93. The van der Waals surface area contributed by atoms with Crippen LogP contribution in [0.15, 0.2) is 41.1 Å². The maximum absolute atomic E-state index is 13.0. The lowest BCUT2D eigenvalue weighted by Gasteiger charge is -2.33. The fraction of sp³-hybridized carbons (Fsp3) is 0.350. The molecule has 1 aromatic carbocycles. The van der Waals surface area contributed by atoms with Crippen molar-refractivity contribution in [3.05, 3.63) is 59.4 Å². The molecule has 0 saturated carbocycles. The number of amides is 1. The predicted octanol–water partition coefficient (Wildman–Crippen LogP) is 4.22. The van der Waals surface area contributed by atoms with Crippen LogP contribution in [0, 0.1) is 6.92 Å². The van der Waals surface area contributed by atoms with Gasteiger partial charge in [0.05, 0.1) is 17.5 Å². The van der Waals surface area contributed by atoms with Crippen molar-refractivity contribution in [3.8, 4) is 11.6 Å². The monoisotopic (exact) mass is 417 g/mol. The number of alkyl halides is 3. The van der Waals surface area contributed by atoms with Crippen LogP contribution in [0.1, 0.15) is 52.8 Å². The number of carbonyl (C=O) groups is 1. The highest BCUT2D eigenvalue weighted by Crippen LogP contribution is 2.34. The van der Waals surface area contributed by atoms with Gasteiger partial charge in [0.15, 0.2) is 0 Å². The van der Waals surface area contributed by atoms with Crippen molar-refractivity contribution in [2.24, 2.45) is 0 Å². The lowest BCUT2D eigenvalue weighted by molar-refractivity contribution is -0.137.